The van der Waals surface area contributed by atoms with Gasteiger partial charge in [0.2, 0.25) is 0 Å². The molecule has 0 aromatic rings. The van der Waals surface area contributed by atoms with E-state index in [0.717, 1.165) is 12.8 Å². The van der Waals surface area contributed by atoms with E-state index in [-0.39, 0.29) is 24.3 Å². The Balaban J connectivity index is 1.93. The van der Waals surface area contributed by atoms with Gasteiger partial charge in [0.1, 0.15) is 5.60 Å². The Hall–Kier alpha value is -1.50. The number of aliphatic hydroxyl groups is 1. The summed E-state index contributed by atoms with van der Waals surface area (Å²) in [5.41, 5.74) is -0.861. The van der Waals surface area contributed by atoms with Gasteiger partial charge in [-0.15, -0.1) is 0 Å². The molecule has 120 valence electrons. The number of hydrogen-bond donors (Lipinski definition) is 2. The number of β-amino-alcohol motifs (C(OH)–C–C–N with tert-alkyl or cyclic N) is 1. The molecule has 2 saturated heterocycles. The van der Waals surface area contributed by atoms with E-state index in [2.05, 4.69) is 5.32 Å². The Morgan fingerprint density at radius 3 is 2.62 bits per heavy atom. The van der Waals surface area contributed by atoms with Crippen molar-refractivity contribution in [3.8, 4) is 0 Å². The number of carbonyl (C=O) groups is 2. The average Bonchev–Trinajstić information content (AvgIpc) is 2.75. The van der Waals surface area contributed by atoms with E-state index in [4.69, 9.17) is 9.84 Å². The Labute approximate surface area is 125 Å². The number of rotatable bonds is 2. The zero-order valence-electron chi connectivity index (χ0n) is 13.0. The van der Waals surface area contributed by atoms with Crippen molar-refractivity contribution in [2.45, 2.75) is 44.8 Å². The zero-order valence-corrected chi connectivity index (χ0v) is 13.0. The van der Waals surface area contributed by atoms with Crippen molar-refractivity contribution in [2.24, 2.45) is 0 Å². The summed E-state index contributed by atoms with van der Waals surface area (Å²) < 4.78 is 5.37. The van der Waals surface area contributed by atoms with Gasteiger partial charge in [-0.05, 0) is 33.6 Å². The van der Waals surface area contributed by atoms with E-state index in [9.17, 15) is 9.59 Å². The van der Waals surface area contributed by atoms with Crippen molar-refractivity contribution < 1.29 is 19.4 Å². The second-order valence-corrected chi connectivity index (χ2v) is 6.82. The minimum Gasteiger partial charge on any atom is -0.444 e. The predicted octanol–water partition coefficient (Wildman–Crippen LogP) is 0.774. The van der Waals surface area contributed by atoms with Crippen LogP contribution in [0.4, 0.5) is 9.59 Å². The maximum Gasteiger partial charge on any atom is 0.410 e. The summed E-state index contributed by atoms with van der Waals surface area (Å²) in [6, 6.07) is -0.165. The van der Waals surface area contributed by atoms with Gasteiger partial charge in [0.05, 0.1) is 12.1 Å². The maximum atomic E-state index is 12.1. The van der Waals surface area contributed by atoms with Gasteiger partial charge in [-0.3, -0.25) is 0 Å². The summed E-state index contributed by atoms with van der Waals surface area (Å²) >= 11 is 0. The lowest BCUT2D eigenvalue weighted by atomic mass is 9.92. The number of aliphatic hydroxyl groups excluding tert-OH is 1. The lowest BCUT2D eigenvalue weighted by Crippen LogP contribution is -2.61. The molecular weight excluding hydrogens is 274 g/mol. The second kappa shape index (κ2) is 5.71. The maximum absolute atomic E-state index is 12.1. The first-order valence-electron chi connectivity index (χ1n) is 7.41. The highest BCUT2D eigenvalue weighted by Gasteiger charge is 2.45. The molecule has 2 rings (SSSR count). The van der Waals surface area contributed by atoms with Gasteiger partial charge in [0, 0.05) is 26.2 Å². The molecule has 2 fully saturated rings. The van der Waals surface area contributed by atoms with E-state index in [1.54, 1.807) is 9.80 Å². The minimum absolute atomic E-state index is 0.0372. The van der Waals surface area contributed by atoms with E-state index in [0.29, 0.717) is 26.2 Å². The molecule has 1 unspecified atom stereocenters. The fourth-order valence-electron chi connectivity index (χ4n) is 2.81. The van der Waals surface area contributed by atoms with Crippen LogP contribution in [0.15, 0.2) is 0 Å². The molecule has 0 aliphatic carbocycles. The summed E-state index contributed by atoms with van der Waals surface area (Å²) in [6.07, 6.45) is 1.19. The fraction of sp³-hybridized carbons (Fsp3) is 0.857. The molecule has 2 aliphatic rings. The van der Waals surface area contributed by atoms with Crippen LogP contribution in [0.1, 0.15) is 33.6 Å². The lowest BCUT2D eigenvalue weighted by Gasteiger charge is -2.39. The summed E-state index contributed by atoms with van der Waals surface area (Å²) in [5, 5.41) is 11.9. The van der Waals surface area contributed by atoms with Gasteiger partial charge in [-0.2, -0.15) is 0 Å². The highest BCUT2D eigenvalue weighted by Crippen LogP contribution is 2.29. The molecule has 3 amide bonds. The predicted molar refractivity (Wildman–Crippen MR) is 77.0 cm³/mol. The summed E-state index contributed by atoms with van der Waals surface area (Å²) in [7, 11) is 0. The molecule has 2 aliphatic heterocycles. The van der Waals surface area contributed by atoms with Crippen LogP contribution in [0.25, 0.3) is 0 Å². The third-order valence-electron chi connectivity index (χ3n) is 3.89. The van der Waals surface area contributed by atoms with Crippen LogP contribution in [0, 0.1) is 0 Å². The summed E-state index contributed by atoms with van der Waals surface area (Å²) in [4.78, 5) is 27.4. The minimum atomic E-state index is -0.513. The Kier molecular flexibility index (Phi) is 4.32. The molecular formula is C14H25N3O4. The first-order chi connectivity index (χ1) is 9.75. The standard InChI is InChI=1S/C14H25N3O4/c1-13(2,3)21-12(20)17-7-5-14(10-17)4-6-16(8-9-18)11(19)15-14/h18H,4-10H2,1-3H3,(H,15,19). The first kappa shape index (κ1) is 15.9. The summed E-state index contributed by atoms with van der Waals surface area (Å²) in [6.45, 7) is 7.51. The van der Waals surface area contributed by atoms with Crippen molar-refractivity contribution in [2.75, 3.05) is 32.8 Å². The molecule has 7 heteroatoms. The van der Waals surface area contributed by atoms with E-state index in [1.165, 1.54) is 0 Å². The van der Waals surface area contributed by atoms with Gasteiger partial charge in [0.25, 0.3) is 0 Å². The van der Waals surface area contributed by atoms with Crippen molar-refractivity contribution in [3.05, 3.63) is 0 Å². The quantitative estimate of drug-likeness (QED) is 0.789. The molecule has 1 atom stereocenters. The number of hydrogen-bond acceptors (Lipinski definition) is 4. The van der Waals surface area contributed by atoms with E-state index >= 15 is 0 Å². The van der Waals surface area contributed by atoms with E-state index in [1.807, 2.05) is 20.8 Å². The second-order valence-electron chi connectivity index (χ2n) is 6.82. The van der Waals surface area contributed by atoms with Gasteiger partial charge in [0.15, 0.2) is 0 Å². The highest BCUT2D eigenvalue weighted by molar-refractivity contribution is 5.76. The normalized spacial score (nSPS) is 26.2. The topological polar surface area (TPSA) is 82.1 Å². The number of ether oxygens (including phenoxy) is 1. The van der Waals surface area contributed by atoms with Crippen molar-refractivity contribution in [1.82, 2.24) is 15.1 Å². The lowest BCUT2D eigenvalue weighted by molar-refractivity contribution is 0.0274. The largest absolute Gasteiger partial charge is 0.444 e. The number of likely N-dealkylation sites (tertiary alicyclic amines) is 1. The third kappa shape index (κ3) is 3.78. The molecule has 2 heterocycles. The van der Waals surface area contributed by atoms with Crippen LogP contribution in [-0.4, -0.2) is 71.0 Å². The van der Waals surface area contributed by atoms with Crippen molar-refractivity contribution in [3.63, 3.8) is 0 Å². The highest BCUT2D eigenvalue weighted by atomic mass is 16.6. The smallest absolute Gasteiger partial charge is 0.410 e. The molecule has 21 heavy (non-hydrogen) atoms. The van der Waals surface area contributed by atoms with Crippen LogP contribution in [0.3, 0.4) is 0 Å². The molecule has 0 bridgehead atoms. The van der Waals surface area contributed by atoms with Crippen LogP contribution in [0.2, 0.25) is 0 Å². The molecule has 0 saturated carbocycles. The van der Waals surface area contributed by atoms with Crippen molar-refractivity contribution in [1.29, 1.82) is 0 Å². The number of carbonyl (C=O) groups excluding carboxylic acids is 2. The van der Waals surface area contributed by atoms with Gasteiger partial charge in [-0.1, -0.05) is 0 Å². The first-order valence-corrected chi connectivity index (χ1v) is 7.41. The molecule has 0 aromatic heterocycles. The molecule has 2 N–H and O–H groups in total. The van der Waals surface area contributed by atoms with Gasteiger partial charge in [-0.25, -0.2) is 9.59 Å². The van der Waals surface area contributed by atoms with Gasteiger partial charge < -0.3 is 25.0 Å². The summed E-state index contributed by atoms with van der Waals surface area (Å²) in [5.74, 6) is 0. The van der Waals surface area contributed by atoms with Crippen LogP contribution >= 0.6 is 0 Å². The number of nitrogens with zero attached hydrogens (tertiary/aromatic N) is 2. The SMILES string of the molecule is CC(C)(C)OC(=O)N1CCC2(CCN(CCO)C(=O)N2)C1. The molecule has 0 radical (unpaired) electrons. The molecule has 7 nitrogen and oxygen atoms in total. The Morgan fingerprint density at radius 1 is 1.38 bits per heavy atom. The zero-order chi connectivity index (χ0) is 15.7. The monoisotopic (exact) mass is 299 g/mol. The molecule has 1 spiro atoms. The number of nitrogens with one attached hydrogen (secondary N) is 1. The Bertz CT molecular complexity index is 421. The molecule has 0 aromatic carbocycles. The van der Waals surface area contributed by atoms with Crippen LogP contribution in [0.5, 0.6) is 0 Å². The Morgan fingerprint density at radius 2 is 2.05 bits per heavy atom. The average molecular weight is 299 g/mol. The number of amides is 3. The van der Waals surface area contributed by atoms with Crippen LogP contribution in [-0.2, 0) is 4.74 Å². The van der Waals surface area contributed by atoms with Crippen molar-refractivity contribution >= 4 is 12.1 Å². The van der Waals surface area contributed by atoms with Gasteiger partial charge >= 0.3 is 12.1 Å². The fourth-order valence-corrected chi connectivity index (χ4v) is 2.81. The van der Waals surface area contributed by atoms with E-state index < -0.39 is 5.60 Å². The third-order valence-corrected chi connectivity index (χ3v) is 3.89. The number of urea groups is 1. The van der Waals surface area contributed by atoms with Crippen LogP contribution < -0.4 is 5.32 Å².